The molecule has 0 unspecified atom stereocenters. The van der Waals surface area contributed by atoms with E-state index in [-0.39, 0.29) is 29.9 Å². The number of aromatic nitrogens is 3. The smallest absolute Gasteiger partial charge is 0.339 e. The molecule has 2 aromatic carbocycles. The van der Waals surface area contributed by atoms with E-state index >= 15 is 0 Å². The third-order valence-corrected chi connectivity index (χ3v) is 5.07. The zero-order valence-corrected chi connectivity index (χ0v) is 16.9. The Balaban J connectivity index is 1.75. The first-order chi connectivity index (χ1) is 14.0. The molecule has 0 radical (unpaired) electrons. The SMILES string of the molecule is CCc1ccccc1Nc1nc(N)nc(COC(=O)c2ccccc2[S@](C)=O)n1. The molecule has 3 N–H and O–H groups in total. The van der Waals surface area contributed by atoms with Crippen LogP contribution in [0.2, 0.25) is 0 Å². The van der Waals surface area contributed by atoms with E-state index in [4.69, 9.17) is 10.5 Å². The Labute approximate surface area is 171 Å². The van der Waals surface area contributed by atoms with Crippen molar-refractivity contribution in [2.75, 3.05) is 17.3 Å². The Kier molecular flexibility index (Phi) is 6.50. The number of nitrogens with two attached hydrogens (primary N) is 1. The normalized spacial score (nSPS) is 11.7. The minimum Gasteiger partial charge on any atom is -0.454 e. The molecule has 3 rings (SSSR count). The highest BCUT2D eigenvalue weighted by molar-refractivity contribution is 7.84. The molecule has 3 aromatic rings. The highest BCUT2D eigenvalue weighted by Crippen LogP contribution is 2.20. The molecule has 1 aromatic heterocycles. The molecule has 0 bridgehead atoms. The molecule has 0 aliphatic rings. The average molecular weight is 411 g/mol. The number of hydrogen-bond donors (Lipinski definition) is 2. The number of benzene rings is 2. The predicted octanol–water partition coefficient (Wildman–Crippen LogP) is 2.85. The molecule has 29 heavy (non-hydrogen) atoms. The Morgan fingerprint density at radius 2 is 1.83 bits per heavy atom. The lowest BCUT2D eigenvalue weighted by atomic mass is 10.1. The van der Waals surface area contributed by atoms with Gasteiger partial charge in [0.1, 0.15) is 0 Å². The predicted molar refractivity (Wildman–Crippen MR) is 111 cm³/mol. The second kappa shape index (κ2) is 9.24. The summed E-state index contributed by atoms with van der Waals surface area (Å²) < 4.78 is 17.1. The first-order valence-electron chi connectivity index (χ1n) is 8.93. The van der Waals surface area contributed by atoms with Gasteiger partial charge in [0, 0.05) is 11.9 Å². The van der Waals surface area contributed by atoms with Crippen LogP contribution in [-0.2, 0) is 28.6 Å². The molecule has 0 fully saturated rings. The Morgan fingerprint density at radius 1 is 1.10 bits per heavy atom. The van der Waals surface area contributed by atoms with Crippen LogP contribution in [0.15, 0.2) is 53.4 Å². The summed E-state index contributed by atoms with van der Waals surface area (Å²) in [5, 5.41) is 3.13. The second-order valence-electron chi connectivity index (χ2n) is 6.10. The molecule has 0 saturated heterocycles. The molecule has 0 aliphatic heterocycles. The minimum absolute atomic E-state index is 0.0117. The summed E-state index contributed by atoms with van der Waals surface area (Å²) in [6.07, 6.45) is 2.34. The van der Waals surface area contributed by atoms with Crippen LogP contribution in [0.4, 0.5) is 17.6 Å². The zero-order valence-electron chi connectivity index (χ0n) is 16.1. The summed E-state index contributed by atoms with van der Waals surface area (Å²) in [5.74, 6) is -0.129. The van der Waals surface area contributed by atoms with Gasteiger partial charge in [-0.2, -0.15) is 15.0 Å². The highest BCUT2D eigenvalue weighted by Gasteiger charge is 2.16. The Bertz CT molecular complexity index is 1060. The first kappa shape index (κ1) is 20.4. The van der Waals surface area contributed by atoms with E-state index in [2.05, 4.69) is 20.3 Å². The molecule has 0 aliphatic carbocycles. The number of nitrogen functional groups attached to an aromatic ring is 1. The lowest BCUT2D eigenvalue weighted by Crippen LogP contribution is -2.12. The van der Waals surface area contributed by atoms with Crippen molar-refractivity contribution in [3.05, 3.63) is 65.5 Å². The van der Waals surface area contributed by atoms with Gasteiger partial charge in [0.25, 0.3) is 0 Å². The number of hydrogen-bond acceptors (Lipinski definition) is 8. The van der Waals surface area contributed by atoms with Gasteiger partial charge < -0.3 is 15.8 Å². The van der Waals surface area contributed by atoms with Crippen LogP contribution in [0.3, 0.4) is 0 Å². The first-order valence-corrected chi connectivity index (χ1v) is 10.5. The van der Waals surface area contributed by atoms with Crippen LogP contribution in [0.5, 0.6) is 0 Å². The van der Waals surface area contributed by atoms with E-state index in [1.807, 2.05) is 31.2 Å². The zero-order chi connectivity index (χ0) is 20.8. The monoisotopic (exact) mass is 411 g/mol. The topological polar surface area (TPSA) is 120 Å². The van der Waals surface area contributed by atoms with Crippen molar-refractivity contribution in [1.29, 1.82) is 0 Å². The van der Waals surface area contributed by atoms with Crippen molar-refractivity contribution in [3.63, 3.8) is 0 Å². The summed E-state index contributed by atoms with van der Waals surface area (Å²) in [7, 11) is -1.31. The molecular formula is C20H21N5O3S. The second-order valence-corrected chi connectivity index (χ2v) is 7.44. The van der Waals surface area contributed by atoms with Crippen LogP contribution in [0, 0.1) is 0 Å². The summed E-state index contributed by atoms with van der Waals surface area (Å²) in [4.78, 5) is 25.2. The van der Waals surface area contributed by atoms with E-state index in [9.17, 15) is 9.00 Å². The largest absolute Gasteiger partial charge is 0.454 e. The van der Waals surface area contributed by atoms with Crippen molar-refractivity contribution in [3.8, 4) is 0 Å². The minimum atomic E-state index is -1.31. The van der Waals surface area contributed by atoms with Gasteiger partial charge in [-0.3, -0.25) is 4.21 Å². The molecule has 150 valence electrons. The number of para-hydroxylation sites is 1. The quantitative estimate of drug-likeness (QED) is 0.570. The summed E-state index contributed by atoms with van der Waals surface area (Å²) in [5.41, 5.74) is 7.99. The summed E-state index contributed by atoms with van der Waals surface area (Å²) in [6.45, 7) is 1.86. The fourth-order valence-electron chi connectivity index (χ4n) is 2.72. The van der Waals surface area contributed by atoms with Crippen LogP contribution >= 0.6 is 0 Å². The van der Waals surface area contributed by atoms with Crippen molar-refractivity contribution < 1.29 is 13.7 Å². The molecular weight excluding hydrogens is 390 g/mol. The summed E-state index contributed by atoms with van der Waals surface area (Å²) >= 11 is 0. The van der Waals surface area contributed by atoms with Crippen molar-refractivity contribution in [2.24, 2.45) is 0 Å². The number of aryl methyl sites for hydroxylation is 1. The molecule has 0 spiro atoms. The fraction of sp³-hybridized carbons (Fsp3) is 0.200. The maximum absolute atomic E-state index is 12.4. The van der Waals surface area contributed by atoms with E-state index in [0.29, 0.717) is 4.90 Å². The number of rotatable bonds is 7. The van der Waals surface area contributed by atoms with Crippen molar-refractivity contribution in [2.45, 2.75) is 24.8 Å². The molecule has 8 nitrogen and oxygen atoms in total. The third-order valence-electron chi connectivity index (χ3n) is 4.09. The Hall–Kier alpha value is -3.33. The lowest BCUT2D eigenvalue weighted by molar-refractivity contribution is 0.0458. The number of nitrogens with one attached hydrogen (secondary N) is 1. The van der Waals surface area contributed by atoms with Crippen LogP contribution in [0.25, 0.3) is 0 Å². The van der Waals surface area contributed by atoms with Crippen molar-refractivity contribution >= 4 is 34.4 Å². The maximum Gasteiger partial charge on any atom is 0.339 e. The molecule has 1 heterocycles. The van der Waals surface area contributed by atoms with Gasteiger partial charge in [0.2, 0.25) is 11.9 Å². The van der Waals surface area contributed by atoms with Gasteiger partial charge >= 0.3 is 5.97 Å². The lowest BCUT2D eigenvalue weighted by Gasteiger charge is -2.11. The molecule has 0 amide bonds. The maximum atomic E-state index is 12.4. The van der Waals surface area contributed by atoms with Crippen LogP contribution < -0.4 is 11.1 Å². The highest BCUT2D eigenvalue weighted by atomic mass is 32.2. The van der Waals surface area contributed by atoms with Gasteiger partial charge in [-0.1, -0.05) is 37.3 Å². The number of carbonyl (C=O) groups is 1. The van der Waals surface area contributed by atoms with E-state index in [0.717, 1.165) is 17.7 Å². The number of carbonyl (C=O) groups excluding carboxylic acids is 1. The van der Waals surface area contributed by atoms with E-state index in [1.54, 1.807) is 24.3 Å². The van der Waals surface area contributed by atoms with Gasteiger partial charge in [-0.25, -0.2) is 4.79 Å². The number of nitrogens with zero attached hydrogens (tertiary/aromatic N) is 3. The fourth-order valence-corrected chi connectivity index (χ4v) is 3.45. The van der Waals surface area contributed by atoms with Gasteiger partial charge in [0.05, 0.1) is 21.3 Å². The number of anilines is 3. The van der Waals surface area contributed by atoms with Crippen LogP contribution in [-0.4, -0.2) is 31.4 Å². The number of ether oxygens (including phenoxy) is 1. The summed E-state index contributed by atoms with van der Waals surface area (Å²) in [6, 6.07) is 14.4. The van der Waals surface area contributed by atoms with E-state index < -0.39 is 16.8 Å². The van der Waals surface area contributed by atoms with Crippen molar-refractivity contribution in [1.82, 2.24) is 15.0 Å². The third kappa shape index (κ3) is 5.14. The van der Waals surface area contributed by atoms with E-state index in [1.165, 1.54) is 6.26 Å². The molecule has 0 saturated carbocycles. The Morgan fingerprint density at radius 3 is 2.59 bits per heavy atom. The molecule has 9 heteroatoms. The van der Waals surface area contributed by atoms with Crippen LogP contribution in [0.1, 0.15) is 28.7 Å². The van der Waals surface area contributed by atoms with Gasteiger partial charge in [-0.15, -0.1) is 0 Å². The van der Waals surface area contributed by atoms with Gasteiger partial charge in [-0.05, 0) is 30.2 Å². The number of esters is 1. The standard InChI is InChI=1S/C20H21N5O3S/c1-3-13-8-4-6-10-15(13)22-20-24-17(23-19(21)25-20)12-28-18(26)14-9-5-7-11-16(14)29(2)27/h4-11H,3,12H2,1-2H3,(H3,21,22,23,24,25)/t29-/m0/s1. The molecule has 1 atom stereocenters. The average Bonchev–Trinajstić information content (AvgIpc) is 2.72. The van der Waals surface area contributed by atoms with Gasteiger partial charge in [0.15, 0.2) is 12.4 Å².